The van der Waals surface area contributed by atoms with Crippen LogP contribution >= 0.6 is 0 Å². The van der Waals surface area contributed by atoms with Gasteiger partial charge in [0.05, 0.1) is 19.0 Å². The fourth-order valence-electron chi connectivity index (χ4n) is 1.79. The maximum Gasteiger partial charge on any atom is 0.213 e. The molecule has 0 unspecified atom stereocenters. The van der Waals surface area contributed by atoms with Crippen molar-refractivity contribution < 1.29 is 4.74 Å². The van der Waals surface area contributed by atoms with Gasteiger partial charge in [-0.15, -0.1) is 0 Å². The third-order valence-electron chi connectivity index (χ3n) is 2.93. The minimum Gasteiger partial charge on any atom is -0.481 e. The predicted molar refractivity (Wildman–Crippen MR) is 74.0 cm³/mol. The molecule has 0 spiro atoms. The summed E-state index contributed by atoms with van der Waals surface area (Å²) in [6, 6.07) is 10.3. The second kappa shape index (κ2) is 5.54. The zero-order valence-electron chi connectivity index (χ0n) is 11.0. The molecule has 1 aromatic carbocycles. The molecular weight excluding hydrogens is 224 g/mol. The molecule has 0 aliphatic heterocycles. The van der Waals surface area contributed by atoms with E-state index in [2.05, 4.69) is 42.3 Å². The zero-order chi connectivity index (χ0) is 13.0. The molecule has 1 N–H and O–H groups in total. The molecule has 0 radical (unpaired) electrons. The number of nitrogens with zero attached hydrogens (tertiary/aromatic N) is 1. The first-order valence-corrected chi connectivity index (χ1v) is 5.99. The predicted octanol–water partition coefficient (Wildman–Crippen LogP) is 3.32. The lowest BCUT2D eigenvalue weighted by molar-refractivity contribution is 0.398. The number of rotatable bonds is 4. The number of pyridine rings is 1. The van der Waals surface area contributed by atoms with Gasteiger partial charge in [0.15, 0.2) is 0 Å². The molecule has 0 aliphatic rings. The van der Waals surface area contributed by atoms with Gasteiger partial charge >= 0.3 is 0 Å². The summed E-state index contributed by atoms with van der Waals surface area (Å²) < 4.78 is 5.03. The Bertz CT molecular complexity index is 521. The molecule has 3 nitrogen and oxygen atoms in total. The van der Waals surface area contributed by atoms with E-state index < -0.39 is 0 Å². The molecule has 0 amide bonds. The first-order valence-electron chi connectivity index (χ1n) is 5.99. The molecule has 0 aliphatic carbocycles. The summed E-state index contributed by atoms with van der Waals surface area (Å²) >= 11 is 0. The minimum atomic E-state index is 0.632. The second-order valence-electron chi connectivity index (χ2n) is 4.37. The number of nitrogens with one attached hydrogen (secondary N) is 1. The number of aryl methyl sites for hydroxylation is 2. The van der Waals surface area contributed by atoms with Crippen LogP contribution in [0.15, 0.2) is 36.5 Å². The summed E-state index contributed by atoms with van der Waals surface area (Å²) in [5.41, 5.74) is 4.89. The standard InChI is InChI=1S/C15H18N2O/c1-11-4-5-12(2)13(8-11)9-16-14-6-7-15(18-3)17-10-14/h4-8,10,16H,9H2,1-3H3. The van der Waals surface area contributed by atoms with E-state index in [4.69, 9.17) is 4.74 Å². The van der Waals surface area contributed by atoms with Crippen LogP contribution in [0.2, 0.25) is 0 Å². The molecule has 0 saturated heterocycles. The highest BCUT2D eigenvalue weighted by Gasteiger charge is 2.00. The van der Waals surface area contributed by atoms with Crippen molar-refractivity contribution in [2.45, 2.75) is 20.4 Å². The summed E-state index contributed by atoms with van der Waals surface area (Å²) in [6.45, 7) is 5.04. The SMILES string of the molecule is COc1ccc(NCc2cc(C)ccc2C)cn1. The molecule has 0 atom stereocenters. The number of anilines is 1. The van der Waals surface area contributed by atoms with Crippen LogP contribution in [0.1, 0.15) is 16.7 Å². The molecule has 1 aromatic heterocycles. The van der Waals surface area contributed by atoms with Crippen molar-refractivity contribution in [1.29, 1.82) is 0 Å². The first kappa shape index (κ1) is 12.4. The Labute approximate surface area is 108 Å². The van der Waals surface area contributed by atoms with Gasteiger partial charge in [0.2, 0.25) is 5.88 Å². The molecule has 0 fully saturated rings. The first-order chi connectivity index (χ1) is 8.69. The van der Waals surface area contributed by atoms with Gasteiger partial charge in [-0.3, -0.25) is 0 Å². The topological polar surface area (TPSA) is 34.1 Å². The van der Waals surface area contributed by atoms with Crippen molar-refractivity contribution in [3.05, 3.63) is 53.2 Å². The quantitative estimate of drug-likeness (QED) is 0.893. The summed E-state index contributed by atoms with van der Waals surface area (Å²) in [4.78, 5) is 4.16. The van der Waals surface area contributed by atoms with Crippen LogP contribution in [0.4, 0.5) is 5.69 Å². The number of aromatic nitrogens is 1. The average Bonchev–Trinajstić information content (AvgIpc) is 2.40. The van der Waals surface area contributed by atoms with Gasteiger partial charge in [-0.05, 0) is 31.0 Å². The highest BCUT2D eigenvalue weighted by atomic mass is 16.5. The van der Waals surface area contributed by atoms with Gasteiger partial charge in [-0.2, -0.15) is 0 Å². The van der Waals surface area contributed by atoms with Crippen LogP contribution in [-0.2, 0) is 6.54 Å². The van der Waals surface area contributed by atoms with E-state index in [0.717, 1.165) is 12.2 Å². The monoisotopic (exact) mass is 242 g/mol. The summed E-state index contributed by atoms with van der Waals surface area (Å²) in [5.74, 6) is 0.632. The maximum atomic E-state index is 5.03. The van der Waals surface area contributed by atoms with E-state index in [1.165, 1.54) is 16.7 Å². The molecule has 2 aromatic rings. The van der Waals surface area contributed by atoms with E-state index in [1.54, 1.807) is 13.3 Å². The van der Waals surface area contributed by atoms with Crippen LogP contribution < -0.4 is 10.1 Å². The Balaban J connectivity index is 2.04. The van der Waals surface area contributed by atoms with Crippen molar-refractivity contribution in [2.24, 2.45) is 0 Å². The van der Waals surface area contributed by atoms with Crippen molar-refractivity contribution >= 4 is 5.69 Å². The number of ether oxygens (including phenoxy) is 1. The Hall–Kier alpha value is -2.03. The molecule has 1 heterocycles. The molecule has 2 rings (SSSR count). The van der Waals surface area contributed by atoms with Gasteiger partial charge < -0.3 is 10.1 Å². The van der Waals surface area contributed by atoms with Crippen LogP contribution in [0.5, 0.6) is 5.88 Å². The Morgan fingerprint density at radius 1 is 1.17 bits per heavy atom. The Morgan fingerprint density at radius 2 is 2.00 bits per heavy atom. The molecule has 3 heteroatoms. The van der Waals surface area contributed by atoms with Crippen molar-refractivity contribution in [3.8, 4) is 5.88 Å². The summed E-state index contributed by atoms with van der Waals surface area (Å²) in [7, 11) is 1.62. The van der Waals surface area contributed by atoms with Gasteiger partial charge in [-0.1, -0.05) is 23.8 Å². The summed E-state index contributed by atoms with van der Waals surface area (Å²) in [5, 5.41) is 3.36. The lowest BCUT2D eigenvalue weighted by Gasteiger charge is -2.10. The number of methoxy groups -OCH3 is 1. The third kappa shape index (κ3) is 3.00. The maximum absolute atomic E-state index is 5.03. The molecule has 94 valence electrons. The number of hydrogen-bond acceptors (Lipinski definition) is 3. The molecule has 18 heavy (non-hydrogen) atoms. The highest BCUT2D eigenvalue weighted by molar-refractivity contribution is 5.43. The van der Waals surface area contributed by atoms with Crippen molar-refractivity contribution in [3.63, 3.8) is 0 Å². The van der Waals surface area contributed by atoms with E-state index in [0.29, 0.717) is 5.88 Å². The van der Waals surface area contributed by atoms with Gasteiger partial charge in [0.1, 0.15) is 0 Å². The van der Waals surface area contributed by atoms with Crippen LogP contribution in [0, 0.1) is 13.8 Å². The lowest BCUT2D eigenvalue weighted by atomic mass is 10.1. The van der Waals surface area contributed by atoms with Crippen molar-refractivity contribution in [2.75, 3.05) is 12.4 Å². The number of hydrogen-bond donors (Lipinski definition) is 1. The Morgan fingerprint density at radius 3 is 2.67 bits per heavy atom. The van der Waals surface area contributed by atoms with Crippen LogP contribution in [0.3, 0.4) is 0 Å². The third-order valence-corrected chi connectivity index (χ3v) is 2.93. The zero-order valence-corrected chi connectivity index (χ0v) is 11.0. The fourth-order valence-corrected chi connectivity index (χ4v) is 1.79. The Kier molecular flexibility index (Phi) is 3.82. The van der Waals surface area contributed by atoms with Crippen LogP contribution in [-0.4, -0.2) is 12.1 Å². The second-order valence-corrected chi connectivity index (χ2v) is 4.37. The van der Waals surface area contributed by atoms with E-state index in [-0.39, 0.29) is 0 Å². The van der Waals surface area contributed by atoms with Gasteiger partial charge in [0, 0.05) is 12.6 Å². The highest BCUT2D eigenvalue weighted by Crippen LogP contribution is 2.15. The summed E-state index contributed by atoms with van der Waals surface area (Å²) in [6.07, 6.45) is 1.78. The molecule has 0 bridgehead atoms. The largest absolute Gasteiger partial charge is 0.481 e. The van der Waals surface area contributed by atoms with E-state index in [9.17, 15) is 0 Å². The minimum absolute atomic E-state index is 0.632. The van der Waals surface area contributed by atoms with Gasteiger partial charge in [0.25, 0.3) is 0 Å². The molecular formula is C15H18N2O. The average molecular weight is 242 g/mol. The van der Waals surface area contributed by atoms with Gasteiger partial charge in [-0.25, -0.2) is 4.98 Å². The molecule has 0 saturated carbocycles. The van der Waals surface area contributed by atoms with Crippen LogP contribution in [0.25, 0.3) is 0 Å². The normalized spacial score (nSPS) is 10.2. The van der Waals surface area contributed by atoms with Crippen molar-refractivity contribution in [1.82, 2.24) is 4.98 Å². The lowest BCUT2D eigenvalue weighted by Crippen LogP contribution is -2.02. The van der Waals surface area contributed by atoms with E-state index >= 15 is 0 Å². The fraction of sp³-hybridized carbons (Fsp3) is 0.267. The van der Waals surface area contributed by atoms with E-state index in [1.807, 2.05) is 12.1 Å². The smallest absolute Gasteiger partial charge is 0.213 e. The number of benzene rings is 1.